The lowest BCUT2D eigenvalue weighted by Crippen LogP contribution is -2.28. The van der Waals surface area contributed by atoms with Gasteiger partial charge < -0.3 is 5.32 Å². The van der Waals surface area contributed by atoms with E-state index in [-0.39, 0.29) is 15.8 Å². The van der Waals surface area contributed by atoms with E-state index in [1.54, 1.807) is 12.1 Å². The fourth-order valence-electron chi connectivity index (χ4n) is 3.35. The van der Waals surface area contributed by atoms with E-state index in [4.69, 9.17) is 23.2 Å². The van der Waals surface area contributed by atoms with Crippen molar-refractivity contribution in [2.45, 2.75) is 11.9 Å². The Morgan fingerprint density at radius 3 is 2.19 bits per heavy atom. The van der Waals surface area contributed by atoms with Crippen LogP contribution in [-0.4, -0.2) is 11.1 Å². The largest absolute Gasteiger partial charge is 0.416 e. The van der Waals surface area contributed by atoms with Gasteiger partial charge in [0, 0.05) is 11.3 Å². The summed E-state index contributed by atoms with van der Waals surface area (Å²) in [5, 5.41) is 3.47. The molecule has 1 amide bonds. The Morgan fingerprint density at radius 1 is 0.811 bits per heavy atom. The summed E-state index contributed by atoms with van der Waals surface area (Å²) in [6.45, 7) is 0. The Bertz CT molecular complexity index is 1430. The summed E-state index contributed by atoms with van der Waals surface area (Å²) in [6.07, 6.45) is -4.56. The predicted octanol–water partition coefficient (Wildman–Crippen LogP) is 9.03. The lowest BCUT2D eigenvalue weighted by atomic mass is 10.0. The molecule has 0 heterocycles. The van der Waals surface area contributed by atoms with Crippen LogP contribution in [0.4, 0.5) is 18.9 Å². The van der Waals surface area contributed by atoms with Crippen molar-refractivity contribution in [3.05, 3.63) is 124 Å². The summed E-state index contributed by atoms with van der Waals surface area (Å²) >= 11 is 13.3. The van der Waals surface area contributed by atoms with Crippen molar-refractivity contribution in [1.82, 2.24) is 5.32 Å². The summed E-state index contributed by atoms with van der Waals surface area (Å²) < 4.78 is 39.3. The highest BCUT2D eigenvalue weighted by Gasteiger charge is 2.31. The van der Waals surface area contributed by atoms with Gasteiger partial charge in [0.15, 0.2) is 5.17 Å². The number of halogens is 5. The summed E-state index contributed by atoms with van der Waals surface area (Å²) in [6, 6.07) is 26.8. The molecule has 37 heavy (non-hydrogen) atoms. The first kappa shape index (κ1) is 26.8. The number of amides is 1. The molecule has 0 aromatic heterocycles. The average Bonchev–Trinajstić information content (AvgIpc) is 2.90. The van der Waals surface area contributed by atoms with Crippen molar-refractivity contribution in [1.29, 1.82) is 0 Å². The van der Waals surface area contributed by atoms with Crippen LogP contribution in [0, 0.1) is 0 Å². The lowest BCUT2D eigenvalue weighted by Gasteiger charge is -2.11. The Labute approximate surface area is 226 Å². The number of carbonyl (C=O) groups excluding carboxylic acids is 1. The van der Waals surface area contributed by atoms with Crippen LogP contribution in [0.25, 0.3) is 11.1 Å². The van der Waals surface area contributed by atoms with Gasteiger partial charge in [0.25, 0.3) is 5.91 Å². The topological polar surface area (TPSA) is 41.5 Å². The fourth-order valence-corrected chi connectivity index (χ4v) is 4.47. The van der Waals surface area contributed by atoms with Crippen LogP contribution in [0.5, 0.6) is 0 Å². The third kappa shape index (κ3) is 7.38. The van der Waals surface area contributed by atoms with E-state index in [2.05, 4.69) is 10.3 Å². The van der Waals surface area contributed by atoms with Gasteiger partial charge in [-0.1, -0.05) is 95.6 Å². The third-order valence-electron chi connectivity index (χ3n) is 5.24. The molecule has 0 aliphatic rings. The van der Waals surface area contributed by atoms with Crippen LogP contribution in [-0.2, 0) is 11.9 Å². The van der Waals surface area contributed by atoms with Crippen LogP contribution >= 0.6 is 35.0 Å². The van der Waals surface area contributed by atoms with Gasteiger partial charge in [0.05, 0.1) is 21.3 Å². The van der Waals surface area contributed by atoms with E-state index in [0.717, 1.165) is 28.8 Å². The number of thioether (sulfide) groups is 1. The molecule has 1 N–H and O–H groups in total. The third-order valence-corrected chi connectivity index (χ3v) is 6.93. The molecule has 0 fully saturated rings. The van der Waals surface area contributed by atoms with E-state index >= 15 is 0 Å². The first-order valence-electron chi connectivity index (χ1n) is 11.0. The van der Waals surface area contributed by atoms with Gasteiger partial charge in [-0.25, -0.2) is 4.99 Å². The molecular formula is C28H19Cl2F3N2OS. The molecule has 0 unspecified atom stereocenters. The molecule has 188 valence electrons. The summed E-state index contributed by atoms with van der Waals surface area (Å²) in [4.78, 5) is 17.3. The highest BCUT2D eigenvalue weighted by Crippen LogP contribution is 2.30. The van der Waals surface area contributed by atoms with Crippen molar-refractivity contribution in [2.24, 2.45) is 4.99 Å². The van der Waals surface area contributed by atoms with Crippen LogP contribution in [0.2, 0.25) is 10.0 Å². The molecule has 0 atom stereocenters. The minimum absolute atomic E-state index is 0.135. The normalized spacial score (nSPS) is 11.9. The minimum atomic E-state index is -4.56. The zero-order valence-electron chi connectivity index (χ0n) is 19.1. The van der Waals surface area contributed by atoms with Gasteiger partial charge in [-0.05, 0) is 53.1 Å². The van der Waals surface area contributed by atoms with Gasteiger partial charge >= 0.3 is 6.18 Å². The molecule has 9 heteroatoms. The monoisotopic (exact) mass is 558 g/mol. The maximum atomic E-state index is 13.1. The molecule has 4 aromatic carbocycles. The number of rotatable bonds is 5. The Hall–Kier alpha value is -3.26. The maximum Gasteiger partial charge on any atom is 0.416 e. The number of nitrogens with zero attached hydrogens (tertiary/aromatic N) is 1. The Balaban J connectivity index is 1.55. The smallest absolute Gasteiger partial charge is 0.301 e. The standard InChI is InChI=1S/C28H19Cl2F3N2OS/c29-24-14-13-23(16-25(24)30)34-27(35-26(36)21-7-4-8-22(15-21)28(31,32)33)37-17-18-9-11-20(12-10-18)19-5-2-1-3-6-19/h1-16H,17H2,(H,34,35,36). The fraction of sp³-hybridized carbons (Fsp3) is 0.0714. The first-order valence-corrected chi connectivity index (χ1v) is 12.7. The van der Waals surface area contributed by atoms with Crippen molar-refractivity contribution in [3.63, 3.8) is 0 Å². The number of aliphatic imine (C=N–C) groups is 1. The molecule has 0 saturated carbocycles. The molecular weight excluding hydrogens is 540 g/mol. The van der Waals surface area contributed by atoms with Gasteiger partial charge in [-0.15, -0.1) is 0 Å². The summed E-state index contributed by atoms with van der Waals surface area (Å²) in [5.41, 5.74) is 2.52. The van der Waals surface area contributed by atoms with Gasteiger partial charge in [0.1, 0.15) is 0 Å². The second-order valence-corrected chi connectivity index (χ2v) is 9.68. The second kappa shape index (κ2) is 11.9. The average molecular weight is 559 g/mol. The van der Waals surface area contributed by atoms with Crippen molar-refractivity contribution >= 4 is 51.7 Å². The van der Waals surface area contributed by atoms with E-state index in [1.807, 2.05) is 54.6 Å². The quantitative estimate of drug-likeness (QED) is 0.196. The minimum Gasteiger partial charge on any atom is -0.301 e. The number of nitrogens with one attached hydrogen (secondary N) is 1. The number of amidine groups is 1. The van der Waals surface area contributed by atoms with Crippen LogP contribution < -0.4 is 5.32 Å². The number of hydrogen-bond acceptors (Lipinski definition) is 3. The molecule has 0 aliphatic carbocycles. The zero-order valence-corrected chi connectivity index (χ0v) is 21.4. The first-order chi connectivity index (χ1) is 17.7. The number of benzene rings is 4. The SMILES string of the molecule is O=C(NC(=Nc1ccc(Cl)c(Cl)c1)SCc1ccc(-c2ccccc2)cc1)c1cccc(C(F)(F)F)c1. The van der Waals surface area contributed by atoms with E-state index < -0.39 is 17.6 Å². The molecule has 3 nitrogen and oxygen atoms in total. The molecule has 4 rings (SSSR count). The predicted molar refractivity (Wildman–Crippen MR) is 146 cm³/mol. The molecule has 0 saturated heterocycles. The molecule has 0 bridgehead atoms. The van der Waals surface area contributed by atoms with Gasteiger partial charge in [0.2, 0.25) is 0 Å². The highest BCUT2D eigenvalue weighted by molar-refractivity contribution is 8.13. The van der Waals surface area contributed by atoms with Crippen LogP contribution in [0.15, 0.2) is 102 Å². The maximum absolute atomic E-state index is 13.1. The Morgan fingerprint density at radius 2 is 1.51 bits per heavy atom. The number of carbonyl (C=O) groups is 1. The van der Waals surface area contributed by atoms with E-state index in [1.165, 1.54) is 30.0 Å². The van der Waals surface area contributed by atoms with Crippen molar-refractivity contribution < 1.29 is 18.0 Å². The van der Waals surface area contributed by atoms with Gasteiger partial charge in [-0.3, -0.25) is 4.79 Å². The number of hydrogen-bond donors (Lipinski definition) is 1. The van der Waals surface area contributed by atoms with Crippen LogP contribution in [0.1, 0.15) is 21.5 Å². The van der Waals surface area contributed by atoms with E-state index in [0.29, 0.717) is 16.5 Å². The van der Waals surface area contributed by atoms with E-state index in [9.17, 15) is 18.0 Å². The van der Waals surface area contributed by atoms with Crippen LogP contribution in [0.3, 0.4) is 0 Å². The zero-order chi connectivity index (χ0) is 26.4. The van der Waals surface area contributed by atoms with Crippen molar-refractivity contribution in [3.8, 4) is 11.1 Å². The molecule has 0 radical (unpaired) electrons. The lowest BCUT2D eigenvalue weighted by molar-refractivity contribution is -0.137. The Kier molecular flexibility index (Phi) is 8.59. The molecule has 0 aliphatic heterocycles. The number of alkyl halides is 3. The summed E-state index contributed by atoms with van der Waals surface area (Å²) in [7, 11) is 0. The highest BCUT2D eigenvalue weighted by atomic mass is 35.5. The molecule has 0 spiro atoms. The van der Waals surface area contributed by atoms with Gasteiger partial charge in [-0.2, -0.15) is 13.2 Å². The molecule has 4 aromatic rings. The van der Waals surface area contributed by atoms with Crippen molar-refractivity contribution in [2.75, 3.05) is 0 Å². The summed E-state index contributed by atoms with van der Waals surface area (Å²) in [5.74, 6) is -0.255. The second-order valence-electron chi connectivity index (χ2n) is 7.90.